The highest BCUT2D eigenvalue weighted by molar-refractivity contribution is 8.00. The normalized spacial score (nSPS) is 19.9. The van der Waals surface area contributed by atoms with E-state index in [4.69, 9.17) is 5.11 Å². The maximum absolute atomic E-state index is 11.0. The van der Waals surface area contributed by atoms with E-state index in [2.05, 4.69) is 9.69 Å². The van der Waals surface area contributed by atoms with Crippen LogP contribution >= 0.6 is 23.3 Å². The van der Waals surface area contributed by atoms with E-state index >= 15 is 0 Å². The molecule has 1 aromatic heterocycles. The first kappa shape index (κ1) is 11.7. The summed E-state index contributed by atoms with van der Waals surface area (Å²) in [6, 6.07) is 0. The van der Waals surface area contributed by atoms with Crippen molar-refractivity contribution in [2.45, 2.75) is 25.0 Å². The second kappa shape index (κ2) is 5.05. The summed E-state index contributed by atoms with van der Waals surface area (Å²) in [4.78, 5) is 11.0. The fraction of sp³-hybridized carbons (Fsp3) is 0.600. The average molecular weight is 258 g/mol. The van der Waals surface area contributed by atoms with Gasteiger partial charge in [-0.15, -0.1) is 0 Å². The monoisotopic (exact) mass is 258 g/mol. The molecule has 4 nitrogen and oxygen atoms in total. The summed E-state index contributed by atoms with van der Waals surface area (Å²) in [5.41, 5.74) is 0.923. The zero-order chi connectivity index (χ0) is 11.5. The summed E-state index contributed by atoms with van der Waals surface area (Å²) in [5, 5.41) is 13.6. The molecule has 0 radical (unpaired) electrons. The third kappa shape index (κ3) is 2.49. The number of hydrogen-bond acceptors (Lipinski definition) is 5. The molecule has 0 aliphatic carbocycles. The Kier molecular flexibility index (Phi) is 3.70. The molecule has 0 saturated carbocycles. The molecule has 1 atom stereocenters. The molecular formula is C10H14N2O2S2. The molecule has 1 aromatic rings. The van der Waals surface area contributed by atoms with Crippen LogP contribution in [-0.4, -0.2) is 33.0 Å². The second-order valence-corrected chi connectivity index (χ2v) is 5.97. The zero-order valence-corrected chi connectivity index (χ0v) is 10.7. The zero-order valence-electron chi connectivity index (χ0n) is 9.02. The number of anilines is 1. The van der Waals surface area contributed by atoms with Crippen LogP contribution in [-0.2, 0) is 0 Å². The van der Waals surface area contributed by atoms with E-state index in [0.29, 0.717) is 21.5 Å². The number of carboxylic acids is 1. The van der Waals surface area contributed by atoms with Gasteiger partial charge in [-0.1, -0.05) is 0 Å². The quantitative estimate of drug-likeness (QED) is 0.868. The van der Waals surface area contributed by atoms with Gasteiger partial charge in [0.1, 0.15) is 10.6 Å². The van der Waals surface area contributed by atoms with Crippen molar-refractivity contribution < 1.29 is 9.90 Å². The van der Waals surface area contributed by atoms with Crippen LogP contribution in [0.4, 0.5) is 5.00 Å². The van der Waals surface area contributed by atoms with Gasteiger partial charge in [-0.05, 0) is 37.1 Å². The number of carboxylic acid groups (broad SMARTS) is 1. The number of aromatic carboxylic acids is 1. The highest BCUT2D eigenvalue weighted by Crippen LogP contribution is 2.29. The van der Waals surface area contributed by atoms with E-state index in [0.717, 1.165) is 6.54 Å². The molecule has 6 heteroatoms. The third-order valence-electron chi connectivity index (χ3n) is 2.59. The predicted octanol–water partition coefficient (Wildman–Crippen LogP) is 2.46. The van der Waals surface area contributed by atoms with Gasteiger partial charge in [0.15, 0.2) is 0 Å². The molecule has 0 amide bonds. The van der Waals surface area contributed by atoms with Crippen molar-refractivity contribution >= 4 is 34.3 Å². The fourth-order valence-electron chi connectivity index (χ4n) is 1.75. The van der Waals surface area contributed by atoms with Gasteiger partial charge in [0, 0.05) is 11.8 Å². The molecule has 1 unspecified atom stereocenters. The molecule has 16 heavy (non-hydrogen) atoms. The lowest BCUT2D eigenvalue weighted by atomic mass is 10.2. The Morgan fingerprint density at radius 2 is 2.50 bits per heavy atom. The lowest BCUT2D eigenvalue weighted by Gasteiger charge is -2.09. The van der Waals surface area contributed by atoms with Gasteiger partial charge in [0.2, 0.25) is 0 Å². The Morgan fingerprint density at radius 3 is 3.12 bits per heavy atom. The Bertz CT molecular complexity index is 386. The van der Waals surface area contributed by atoms with E-state index in [9.17, 15) is 4.79 Å². The third-order valence-corrected chi connectivity index (χ3v) is 4.89. The van der Waals surface area contributed by atoms with Crippen molar-refractivity contribution in [1.82, 2.24) is 4.37 Å². The molecule has 88 valence electrons. The molecule has 0 spiro atoms. The Morgan fingerprint density at radius 1 is 1.69 bits per heavy atom. The largest absolute Gasteiger partial charge is 0.478 e. The van der Waals surface area contributed by atoms with Gasteiger partial charge in [-0.2, -0.15) is 16.1 Å². The highest BCUT2D eigenvalue weighted by atomic mass is 32.2. The van der Waals surface area contributed by atoms with Crippen LogP contribution in [0.25, 0.3) is 0 Å². The summed E-state index contributed by atoms with van der Waals surface area (Å²) < 4.78 is 4.07. The van der Waals surface area contributed by atoms with Crippen LogP contribution in [0, 0.1) is 6.92 Å². The minimum atomic E-state index is -0.896. The number of aromatic nitrogens is 1. The summed E-state index contributed by atoms with van der Waals surface area (Å²) in [7, 11) is 0. The first-order valence-electron chi connectivity index (χ1n) is 5.23. The predicted molar refractivity (Wildman–Crippen MR) is 67.8 cm³/mol. The molecule has 2 rings (SSSR count). The van der Waals surface area contributed by atoms with Crippen molar-refractivity contribution in [2.75, 3.05) is 17.6 Å². The number of nitrogens with one attached hydrogen (secondary N) is 1. The van der Waals surface area contributed by atoms with Crippen LogP contribution in [0.5, 0.6) is 0 Å². The smallest absolute Gasteiger partial charge is 0.340 e. The number of rotatable bonds is 4. The van der Waals surface area contributed by atoms with Crippen molar-refractivity contribution in [1.29, 1.82) is 0 Å². The highest BCUT2D eigenvalue weighted by Gasteiger charge is 2.20. The van der Waals surface area contributed by atoms with Crippen LogP contribution < -0.4 is 5.32 Å². The van der Waals surface area contributed by atoms with Gasteiger partial charge in [-0.3, -0.25) is 0 Å². The lowest BCUT2D eigenvalue weighted by molar-refractivity contribution is 0.0697. The molecule has 1 aliphatic heterocycles. The standard InChI is InChI=1S/C10H14N2O2S2/c1-6-8(10(13)14)9(16-12-6)11-5-7-3-2-4-15-7/h7,11H,2-5H2,1H3,(H,13,14). The maximum atomic E-state index is 11.0. The number of hydrogen-bond donors (Lipinski definition) is 2. The minimum absolute atomic E-state index is 0.327. The summed E-state index contributed by atoms with van der Waals surface area (Å²) in [6.45, 7) is 2.57. The Labute approximate surface area is 103 Å². The van der Waals surface area contributed by atoms with E-state index < -0.39 is 5.97 Å². The molecule has 2 heterocycles. The van der Waals surface area contributed by atoms with Gasteiger partial charge in [0.25, 0.3) is 0 Å². The minimum Gasteiger partial charge on any atom is -0.478 e. The van der Waals surface area contributed by atoms with E-state index in [1.165, 1.54) is 30.1 Å². The van der Waals surface area contributed by atoms with Gasteiger partial charge in [0.05, 0.1) is 5.69 Å². The summed E-state index contributed by atoms with van der Waals surface area (Å²) >= 11 is 3.19. The molecule has 0 bridgehead atoms. The van der Waals surface area contributed by atoms with E-state index in [1.807, 2.05) is 11.8 Å². The molecule has 2 N–H and O–H groups in total. The first-order chi connectivity index (χ1) is 7.68. The molecule has 1 saturated heterocycles. The number of nitrogens with zero attached hydrogens (tertiary/aromatic N) is 1. The Hall–Kier alpha value is -0.750. The second-order valence-electron chi connectivity index (χ2n) is 3.79. The number of carbonyl (C=O) groups is 1. The van der Waals surface area contributed by atoms with Crippen LogP contribution in [0.2, 0.25) is 0 Å². The van der Waals surface area contributed by atoms with Gasteiger partial charge in [-0.25, -0.2) is 4.79 Å². The maximum Gasteiger partial charge on any atom is 0.340 e. The molecule has 1 fully saturated rings. The molecular weight excluding hydrogens is 244 g/mol. The average Bonchev–Trinajstić information content (AvgIpc) is 2.83. The lowest BCUT2D eigenvalue weighted by Crippen LogP contribution is -2.14. The Balaban J connectivity index is 2.00. The van der Waals surface area contributed by atoms with Crippen LogP contribution in [0.1, 0.15) is 28.9 Å². The van der Waals surface area contributed by atoms with Gasteiger partial charge >= 0.3 is 5.97 Å². The fourth-order valence-corrected chi connectivity index (χ4v) is 3.75. The summed E-state index contributed by atoms with van der Waals surface area (Å²) in [5.74, 6) is 0.327. The van der Waals surface area contributed by atoms with Crippen molar-refractivity contribution in [3.63, 3.8) is 0 Å². The van der Waals surface area contributed by atoms with Gasteiger partial charge < -0.3 is 10.4 Å². The van der Waals surface area contributed by atoms with E-state index in [-0.39, 0.29) is 0 Å². The van der Waals surface area contributed by atoms with Crippen molar-refractivity contribution in [2.24, 2.45) is 0 Å². The number of aryl methyl sites for hydroxylation is 1. The SMILES string of the molecule is Cc1nsc(NCC2CCCS2)c1C(=O)O. The molecule has 0 aromatic carbocycles. The number of thioether (sulfide) groups is 1. The van der Waals surface area contributed by atoms with Crippen molar-refractivity contribution in [3.8, 4) is 0 Å². The topological polar surface area (TPSA) is 62.2 Å². The molecule has 1 aliphatic rings. The first-order valence-corrected chi connectivity index (χ1v) is 7.05. The van der Waals surface area contributed by atoms with E-state index in [1.54, 1.807) is 6.92 Å². The van der Waals surface area contributed by atoms with Crippen molar-refractivity contribution in [3.05, 3.63) is 11.3 Å². The van der Waals surface area contributed by atoms with Crippen LogP contribution in [0.15, 0.2) is 0 Å². The van der Waals surface area contributed by atoms with Crippen LogP contribution in [0.3, 0.4) is 0 Å². The summed E-state index contributed by atoms with van der Waals surface area (Å²) in [6.07, 6.45) is 2.49.